The molecule has 34 heavy (non-hydrogen) atoms. The Morgan fingerprint density at radius 2 is 1.74 bits per heavy atom. The van der Waals surface area contributed by atoms with Crippen LogP contribution in [0.5, 0.6) is 11.5 Å². The van der Waals surface area contributed by atoms with E-state index in [1.807, 2.05) is 78.3 Å². The van der Waals surface area contributed by atoms with Gasteiger partial charge in [-0.05, 0) is 36.8 Å². The first-order chi connectivity index (χ1) is 16.6. The molecule has 176 valence electrons. The van der Waals surface area contributed by atoms with Crippen molar-refractivity contribution in [2.45, 2.75) is 31.0 Å². The predicted octanol–water partition coefficient (Wildman–Crippen LogP) is 6.60. The summed E-state index contributed by atoms with van der Waals surface area (Å²) in [6.07, 6.45) is 1.65. The van der Waals surface area contributed by atoms with Gasteiger partial charge in [0.25, 0.3) is 0 Å². The van der Waals surface area contributed by atoms with E-state index in [1.165, 1.54) is 0 Å². The highest BCUT2D eigenvalue weighted by Gasteiger charge is 2.13. The maximum atomic E-state index is 6.31. The Labute approximate surface area is 213 Å². The van der Waals surface area contributed by atoms with Gasteiger partial charge in [-0.1, -0.05) is 77.4 Å². The topological polar surface area (TPSA) is 61.2 Å². The highest BCUT2D eigenvalue weighted by Crippen LogP contribution is 2.33. The van der Waals surface area contributed by atoms with E-state index in [4.69, 9.17) is 32.7 Å². The number of nitrogens with one attached hydrogen (secondary N) is 1. The largest absolute Gasteiger partial charge is 0.490 e. The zero-order valence-electron chi connectivity index (χ0n) is 18.6. The van der Waals surface area contributed by atoms with Crippen LogP contribution in [0.2, 0.25) is 10.0 Å². The molecule has 1 aromatic heterocycles. The zero-order chi connectivity index (χ0) is 23.8. The third-order valence-corrected chi connectivity index (χ3v) is 6.56. The average Bonchev–Trinajstić information content (AvgIpc) is 3.30. The second kappa shape index (κ2) is 12.0. The molecule has 9 heteroatoms. The number of para-hydroxylation sites is 1. The van der Waals surface area contributed by atoms with Crippen LogP contribution in [0.15, 0.2) is 78.2 Å². The molecule has 0 fully saturated rings. The molecule has 0 saturated carbocycles. The molecule has 1 heterocycles. The number of benzene rings is 3. The van der Waals surface area contributed by atoms with Crippen molar-refractivity contribution in [3.05, 3.63) is 99.8 Å². The lowest BCUT2D eigenvalue weighted by molar-refractivity contribution is 0.267. The number of thioether (sulfide) groups is 1. The summed E-state index contributed by atoms with van der Waals surface area (Å²) in [5.74, 6) is 2.12. The van der Waals surface area contributed by atoms with Crippen LogP contribution >= 0.6 is 35.0 Å². The van der Waals surface area contributed by atoms with Gasteiger partial charge < -0.3 is 14.9 Å². The minimum absolute atomic E-state index is 0.339. The van der Waals surface area contributed by atoms with E-state index < -0.39 is 0 Å². The molecular weight excluding hydrogens is 491 g/mol. The summed E-state index contributed by atoms with van der Waals surface area (Å²) in [5.41, 5.74) is 6.37. The number of nitrogens with zero attached hydrogens (tertiary/aromatic N) is 3. The fourth-order valence-corrected chi connectivity index (χ4v) is 4.39. The molecule has 0 bridgehead atoms. The van der Waals surface area contributed by atoms with E-state index in [1.54, 1.807) is 18.1 Å². The Balaban J connectivity index is 1.45. The Bertz CT molecular complexity index is 1220. The van der Waals surface area contributed by atoms with Gasteiger partial charge >= 0.3 is 0 Å². The molecule has 1 N–H and O–H groups in total. The van der Waals surface area contributed by atoms with E-state index in [-0.39, 0.29) is 0 Å². The minimum Gasteiger partial charge on any atom is -0.490 e. The monoisotopic (exact) mass is 514 g/mol. The Morgan fingerprint density at radius 1 is 0.941 bits per heavy atom. The van der Waals surface area contributed by atoms with E-state index in [0.29, 0.717) is 36.3 Å². The molecule has 4 aromatic rings. The van der Waals surface area contributed by atoms with Gasteiger partial charge in [0, 0.05) is 26.9 Å². The van der Waals surface area contributed by atoms with Gasteiger partial charge in [0.15, 0.2) is 11.5 Å². The molecule has 4 rings (SSSR count). The summed E-state index contributed by atoms with van der Waals surface area (Å²) < 4.78 is 13.8. The Morgan fingerprint density at radius 3 is 2.53 bits per heavy atom. The summed E-state index contributed by atoms with van der Waals surface area (Å²) >= 11 is 13.9. The summed E-state index contributed by atoms with van der Waals surface area (Å²) in [7, 11) is 0. The molecule has 0 aliphatic heterocycles. The SMILES string of the molecule is CCOc1cccc(CNn2cnnc2SCc2ccc(Cl)cc2)c1OCc1ccccc1Cl. The van der Waals surface area contributed by atoms with Gasteiger partial charge in [-0.3, -0.25) is 0 Å². The lowest BCUT2D eigenvalue weighted by Gasteiger charge is -2.17. The molecule has 3 aromatic carbocycles. The van der Waals surface area contributed by atoms with Gasteiger partial charge in [0.05, 0.1) is 13.2 Å². The van der Waals surface area contributed by atoms with E-state index in [0.717, 1.165) is 32.6 Å². The molecule has 0 unspecified atom stereocenters. The molecule has 0 spiro atoms. The normalized spacial score (nSPS) is 10.8. The van der Waals surface area contributed by atoms with Crippen molar-refractivity contribution in [2.24, 2.45) is 0 Å². The first-order valence-corrected chi connectivity index (χ1v) is 12.5. The van der Waals surface area contributed by atoms with Crippen molar-refractivity contribution in [2.75, 3.05) is 12.0 Å². The van der Waals surface area contributed by atoms with Crippen LogP contribution in [0.4, 0.5) is 0 Å². The van der Waals surface area contributed by atoms with Crippen molar-refractivity contribution >= 4 is 35.0 Å². The second-order valence-corrected chi connectivity index (χ2v) is 9.08. The fraction of sp³-hybridized carbons (Fsp3) is 0.200. The first kappa shape index (κ1) is 24.3. The predicted molar refractivity (Wildman–Crippen MR) is 137 cm³/mol. The quantitative estimate of drug-likeness (QED) is 0.227. The molecule has 0 amide bonds. The highest BCUT2D eigenvalue weighted by atomic mass is 35.5. The summed E-state index contributed by atoms with van der Waals surface area (Å²) in [4.78, 5) is 0. The van der Waals surface area contributed by atoms with E-state index in [9.17, 15) is 0 Å². The first-order valence-electron chi connectivity index (χ1n) is 10.8. The number of hydrogen-bond acceptors (Lipinski definition) is 6. The lowest BCUT2D eigenvalue weighted by Crippen LogP contribution is -2.15. The average molecular weight is 515 g/mol. The Kier molecular flexibility index (Phi) is 8.57. The van der Waals surface area contributed by atoms with Gasteiger partial charge in [-0.25, -0.2) is 4.68 Å². The zero-order valence-corrected chi connectivity index (χ0v) is 20.9. The molecule has 0 saturated heterocycles. The van der Waals surface area contributed by atoms with Crippen LogP contribution in [0.25, 0.3) is 0 Å². The van der Waals surface area contributed by atoms with Gasteiger partial charge in [0.2, 0.25) is 5.16 Å². The Hall–Kier alpha value is -2.87. The smallest absolute Gasteiger partial charge is 0.210 e. The van der Waals surface area contributed by atoms with Crippen LogP contribution in [0.3, 0.4) is 0 Å². The van der Waals surface area contributed by atoms with E-state index >= 15 is 0 Å². The van der Waals surface area contributed by atoms with Crippen molar-refractivity contribution in [3.8, 4) is 11.5 Å². The molecule has 0 atom stereocenters. The standard InChI is InChI=1S/C25H24Cl2N4O2S/c1-2-32-23-9-5-7-19(24(23)33-15-20-6-3-4-8-22(20)27)14-29-31-17-28-30-25(31)34-16-18-10-12-21(26)13-11-18/h3-13,17,29H,2,14-16H2,1H3. The van der Waals surface area contributed by atoms with Crippen molar-refractivity contribution in [1.29, 1.82) is 0 Å². The van der Waals surface area contributed by atoms with Crippen molar-refractivity contribution in [1.82, 2.24) is 14.9 Å². The molecule has 0 aliphatic carbocycles. The third kappa shape index (κ3) is 6.38. The lowest BCUT2D eigenvalue weighted by atomic mass is 10.2. The molecule has 6 nitrogen and oxygen atoms in total. The van der Waals surface area contributed by atoms with Crippen LogP contribution < -0.4 is 14.9 Å². The summed E-state index contributed by atoms with van der Waals surface area (Å²) in [5, 5.41) is 10.4. The number of ether oxygens (including phenoxy) is 2. The van der Waals surface area contributed by atoms with Crippen LogP contribution in [-0.2, 0) is 18.9 Å². The van der Waals surface area contributed by atoms with Crippen molar-refractivity contribution in [3.63, 3.8) is 0 Å². The third-order valence-electron chi connectivity index (χ3n) is 4.93. The van der Waals surface area contributed by atoms with Crippen LogP contribution in [-0.4, -0.2) is 21.5 Å². The molecular formula is C25H24Cl2N4O2S. The van der Waals surface area contributed by atoms with Crippen LogP contribution in [0, 0.1) is 0 Å². The number of halogens is 2. The van der Waals surface area contributed by atoms with Gasteiger partial charge in [0.1, 0.15) is 12.9 Å². The fourth-order valence-electron chi connectivity index (χ4n) is 3.23. The maximum Gasteiger partial charge on any atom is 0.210 e. The second-order valence-electron chi connectivity index (χ2n) is 7.29. The number of aromatic nitrogens is 3. The number of hydrogen-bond donors (Lipinski definition) is 1. The van der Waals surface area contributed by atoms with Crippen molar-refractivity contribution < 1.29 is 9.47 Å². The minimum atomic E-state index is 0.339. The highest BCUT2D eigenvalue weighted by molar-refractivity contribution is 7.98. The van der Waals surface area contributed by atoms with Crippen LogP contribution in [0.1, 0.15) is 23.6 Å². The molecule has 0 radical (unpaired) electrons. The van der Waals surface area contributed by atoms with Gasteiger partial charge in [-0.15, -0.1) is 10.2 Å². The molecule has 0 aliphatic rings. The summed E-state index contributed by atoms with van der Waals surface area (Å²) in [6.45, 7) is 3.32. The number of rotatable bonds is 11. The maximum absolute atomic E-state index is 6.31. The summed E-state index contributed by atoms with van der Waals surface area (Å²) in [6, 6.07) is 21.3. The van der Waals surface area contributed by atoms with Gasteiger partial charge in [-0.2, -0.15) is 0 Å². The van der Waals surface area contributed by atoms with E-state index in [2.05, 4.69) is 15.6 Å².